The van der Waals surface area contributed by atoms with E-state index in [9.17, 15) is 9.59 Å². The van der Waals surface area contributed by atoms with Gasteiger partial charge in [-0.3, -0.25) is 9.59 Å². The van der Waals surface area contributed by atoms with Crippen LogP contribution in [0, 0.1) is 0 Å². The van der Waals surface area contributed by atoms with E-state index in [1.807, 2.05) is 54.6 Å². The zero-order chi connectivity index (χ0) is 18.2. The van der Waals surface area contributed by atoms with E-state index in [-0.39, 0.29) is 17.7 Å². The average molecular weight is 359 g/mol. The molecule has 0 saturated carbocycles. The number of halogens is 1. The van der Waals surface area contributed by atoms with Crippen molar-refractivity contribution in [2.75, 3.05) is 20.6 Å². The van der Waals surface area contributed by atoms with Gasteiger partial charge in [0.25, 0.3) is 0 Å². The van der Waals surface area contributed by atoms with Gasteiger partial charge in [0.15, 0.2) is 0 Å². The molecule has 0 aromatic heterocycles. The van der Waals surface area contributed by atoms with E-state index in [1.165, 1.54) is 0 Å². The first kappa shape index (κ1) is 19.0. The largest absolute Gasteiger partial charge is 0.359 e. The van der Waals surface area contributed by atoms with Gasteiger partial charge in [-0.2, -0.15) is 0 Å². The molecule has 0 radical (unpaired) electrons. The van der Waals surface area contributed by atoms with Crippen molar-refractivity contribution >= 4 is 23.4 Å². The van der Waals surface area contributed by atoms with Crippen molar-refractivity contribution in [2.45, 2.75) is 18.8 Å². The summed E-state index contributed by atoms with van der Waals surface area (Å²) in [5.41, 5.74) is 1.98. The molecule has 4 nitrogen and oxygen atoms in total. The minimum absolute atomic E-state index is 0.0160. The Labute approximate surface area is 153 Å². The fourth-order valence-corrected chi connectivity index (χ4v) is 2.97. The summed E-state index contributed by atoms with van der Waals surface area (Å²) in [6.45, 7) is 0.391. The number of hydrogen-bond donors (Lipinski definition) is 1. The molecule has 1 atom stereocenters. The van der Waals surface area contributed by atoms with Crippen molar-refractivity contribution in [3.8, 4) is 0 Å². The van der Waals surface area contributed by atoms with Crippen LogP contribution in [0.25, 0.3) is 0 Å². The Morgan fingerprint density at radius 1 is 1.08 bits per heavy atom. The molecule has 0 spiro atoms. The van der Waals surface area contributed by atoms with Crippen LogP contribution in [0.4, 0.5) is 0 Å². The first-order chi connectivity index (χ1) is 12.0. The quantitative estimate of drug-likeness (QED) is 0.824. The average Bonchev–Trinajstić information content (AvgIpc) is 2.65. The maximum absolute atomic E-state index is 12.7. The fourth-order valence-electron chi connectivity index (χ4n) is 2.70. The van der Waals surface area contributed by atoms with Crippen LogP contribution in [-0.4, -0.2) is 37.4 Å². The van der Waals surface area contributed by atoms with Gasteiger partial charge < -0.3 is 10.2 Å². The Bertz CT molecular complexity index is 719. The summed E-state index contributed by atoms with van der Waals surface area (Å²) in [5, 5.41) is 3.22. The number of carbonyl (C=O) groups excluding carboxylic acids is 2. The Balaban J connectivity index is 2.18. The Morgan fingerprint density at radius 3 is 2.36 bits per heavy atom. The maximum atomic E-state index is 12.7. The zero-order valence-electron chi connectivity index (χ0n) is 14.5. The van der Waals surface area contributed by atoms with Crippen LogP contribution in [0.1, 0.15) is 29.9 Å². The number of rotatable bonds is 7. The standard InChI is InChI=1S/C20H23ClN2O2/c1-22-19(24)12-13-23(2)20(25)14-17(15-8-4-3-5-9-15)16-10-6-7-11-18(16)21/h3-11,17H,12-14H2,1-2H3,(H,22,24). The number of nitrogens with one attached hydrogen (secondary N) is 1. The van der Waals surface area contributed by atoms with Crippen molar-refractivity contribution < 1.29 is 9.59 Å². The highest BCUT2D eigenvalue weighted by molar-refractivity contribution is 6.31. The molecule has 5 heteroatoms. The zero-order valence-corrected chi connectivity index (χ0v) is 15.3. The molecule has 2 aromatic carbocycles. The molecule has 0 aliphatic carbocycles. The molecular weight excluding hydrogens is 336 g/mol. The van der Waals surface area contributed by atoms with E-state index >= 15 is 0 Å². The number of hydrogen-bond acceptors (Lipinski definition) is 2. The van der Waals surface area contributed by atoms with Gasteiger partial charge in [0.2, 0.25) is 11.8 Å². The molecule has 2 aromatic rings. The fraction of sp³-hybridized carbons (Fsp3) is 0.300. The van der Waals surface area contributed by atoms with E-state index in [4.69, 9.17) is 11.6 Å². The molecule has 2 rings (SSSR count). The van der Waals surface area contributed by atoms with Gasteiger partial charge in [-0.25, -0.2) is 0 Å². The van der Waals surface area contributed by atoms with E-state index in [1.54, 1.807) is 19.0 Å². The highest BCUT2D eigenvalue weighted by atomic mass is 35.5. The molecule has 0 bridgehead atoms. The Hall–Kier alpha value is -2.33. The molecule has 0 aliphatic rings. The van der Waals surface area contributed by atoms with Gasteiger partial charge in [0.1, 0.15) is 0 Å². The van der Waals surface area contributed by atoms with E-state index < -0.39 is 0 Å². The van der Waals surface area contributed by atoms with Crippen LogP contribution in [0.3, 0.4) is 0 Å². The monoisotopic (exact) mass is 358 g/mol. The van der Waals surface area contributed by atoms with E-state index in [2.05, 4.69) is 5.32 Å². The van der Waals surface area contributed by atoms with Crippen LogP contribution >= 0.6 is 11.6 Å². The topological polar surface area (TPSA) is 49.4 Å². The summed E-state index contributed by atoms with van der Waals surface area (Å²) >= 11 is 6.38. The van der Waals surface area contributed by atoms with Gasteiger partial charge in [-0.15, -0.1) is 0 Å². The third-order valence-corrected chi connectivity index (χ3v) is 4.58. The van der Waals surface area contributed by atoms with E-state index in [0.717, 1.165) is 11.1 Å². The molecule has 2 amide bonds. The minimum Gasteiger partial charge on any atom is -0.359 e. The summed E-state index contributed by atoms with van der Waals surface area (Å²) in [6.07, 6.45) is 0.596. The van der Waals surface area contributed by atoms with Gasteiger partial charge in [0, 0.05) is 44.4 Å². The Morgan fingerprint density at radius 2 is 1.72 bits per heavy atom. The normalized spacial score (nSPS) is 11.6. The third kappa shape index (κ3) is 5.33. The summed E-state index contributed by atoms with van der Waals surface area (Å²) in [6, 6.07) is 17.5. The van der Waals surface area contributed by atoms with Gasteiger partial charge in [-0.05, 0) is 17.2 Å². The smallest absolute Gasteiger partial charge is 0.223 e. The van der Waals surface area contributed by atoms with E-state index in [0.29, 0.717) is 24.4 Å². The number of nitrogens with zero attached hydrogens (tertiary/aromatic N) is 1. The minimum atomic E-state index is -0.121. The third-order valence-electron chi connectivity index (χ3n) is 4.24. The number of amides is 2. The molecule has 0 aliphatic heterocycles. The summed E-state index contributed by atoms with van der Waals surface area (Å²) < 4.78 is 0. The number of benzene rings is 2. The van der Waals surface area contributed by atoms with Crippen molar-refractivity contribution in [1.29, 1.82) is 0 Å². The molecule has 1 unspecified atom stereocenters. The summed E-state index contributed by atoms with van der Waals surface area (Å²) in [4.78, 5) is 25.6. The lowest BCUT2D eigenvalue weighted by Crippen LogP contribution is -2.32. The lowest BCUT2D eigenvalue weighted by atomic mass is 9.88. The van der Waals surface area contributed by atoms with Crippen molar-refractivity contribution in [1.82, 2.24) is 10.2 Å². The summed E-state index contributed by atoms with van der Waals surface area (Å²) in [7, 11) is 3.31. The van der Waals surface area contributed by atoms with Gasteiger partial charge in [0.05, 0.1) is 0 Å². The van der Waals surface area contributed by atoms with Crippen LogP contribution in [0.15, 0.2) is 54.6 Å². The van der Waals surface area contributed by atoms with Crippen LogP contribution < -0.4 is 5.32 Å². The molecule has 0 fully saturated rings. The number of carbonyl (C=O) groups is 2. The maximum Gasteiger partial charge on any atom is 0.223 e. The van der Waals surface area contributed by atoms with Crippen LogP contribution in [-0.2, 0) is 9.59 Å². The Kier molecular flexibility index (Phi) is 7.02. The highest BCUT2D eigenvalue weighted by Gasteiger charge is 2.22. The van der Waals surface area contributed by atoms with Crippen LogP contribution in [0.2, 0.25) is 5.02 Å². The molecule has 25 heavy (non-hydrogen) atoms. The lowest BCUT2D eigenvalue weighted by Gasteiger charge is -2.23. The molecular formula is C20H23ClN2O2. The highest BCUT2D eigenvalue weighted by Crippen LogP contribution is 2.33. The van der Waals surface area contributed by atoms with Crippen molar-refractivity contribution in [2.24, 2.45) is 0 Å². The molecule has 1 N–H and O–H groups in total. The summed E-state index contributed by atoms with van der Waals surface area (Å²) in [5.74, 6) is -0.215. The predicted molar refractivity (Wildman–Crippen MR) is 101 cm³/mol. The van der Waals surface area contributed by atoms with Crippen molar-refractivity contribution in [3.63, 3.8) is 0 Å². The first-order valence-corrected chi connectivity index (χ1v) is 8.64. The second kappa shape index (κ2) is 9.23. The SMILES string of the molecule is CNC(=O)CCN(C)C(=O)CC(c1ccccc1)c1ccccc1Cl. The second-order valence-electron chi connectivity index (χ2n) is 5.93. The second-order valence-corrected chi connectivity index (χ2v) is 6.33. The van der Waals surface area contributed by atoms with Crippen LogP contribution in [0.5, 0.6) is 0 Å². The lowest BCUT2D eigenvalue weighted by molar-refractivity contribution is -0.130. The molecule has 0 saturated heterocycles. The van der Waals surface area contributed by atoms with Gasteiger partial charge in [-0.1, -0.05) is 60.1 Å². The molecule has 0 heterocycles. The molecule has 132 valence electrons. The van der Waals surface area contributed by atoms with Gasteiger partial charge >= 0.3 is 0 Å². The predicted octanol–water partition coefficient (Wildman–Crippen LogP) is 3.46. The first-order valence-electron chi connectivity index (χ1n) is 8.27. The van der Waals surface area contributed by atoms with Crippen molar-refractivity contribution in [3.05, 3.63) is 70.7 Å².